The number of fused-ring (bicyclic) bond motifs is 2. The zero-order chi connectivity index (χ0) is 20.7. The lowest BCUT2D eigenvalue weighted by Crippen LogP contribution is -2.45. The molecule has 2 aliphatic heterocycles. The van der Waals surface area contributed by atoms with Gasteiger partial charge in [-0.25, -0.2) is 4.98 Å². The zero-order valence-corrected chi connectivity index (χ0v) is 16.8. The fourth-order valence-corrected chi connectivity index (χ4v) is 4.95. The Morgan fingerprint density at radius 1 is 1.10 bits per heavy atom. The van der Waals surface area contributed by atoms with Gasteiger partial charge in [0.05, 0.1) is 18.9 Å². The smallest absolute Gasteiger partial charge is 0.255 e. The van der Waals surface area contributed by atoms with Crippen LogP contribution in [0.2, 0.25) is 0 Å². The van der Waals surface area contributed by atoms with Crippen molar-refractivity contribution in [3.63, 3.8) is 0 Å². The minimum Gasteiger partial charge on any atom is -0.378 e. The van der Waals surface area contributed by atoms with Crippen LogP contribution in [0.4, 0.5) is 5.95 Å². The standard InChI is InChI=1S/C21H25N5O4/c27-16-13-14(2-6-22-16)19(29)25-7-4-21(5-8-25)3-1-15-17(21)23-20(24-18(15)28)26-9-11-30-12-10-26/h2,6,13H,1,3-5,7-12H2,(H,22,27)(H,23,24,28). The number of morpholine rings is 1. The Morgan fingerprint density at radius 2 is 1.87 bits per heavy atom. The number of aromatic nitrogens is 3. The predicted octanol–water partition coefficient (Wildman–Crippen LogP) is 0.415. The van der Waals surface area contributed by atoms with Crippen molar-refractivity contribution in [3.8, 4) is 0 Å². The molecule has 4 heterocycles. The Labute approximate surface area is 173 Å². The second-order valence-electron chi connectivity index (χ2n) is 8.33. The van der Waals surface area contributed by atoms with E-state index in [2.05, 4.69) is 14.9 Å². The van der Waals surface area contributed by atoms with Gasteiger partial charge >= 0.3 is 0 Å². The average Bonchev–Trinajstić information content (AvgIpc) is 3.13. The zero-order valence-electron chi connectivity index (χ0n) is 16.8. The van der Waals surface area contributed by atoms with Crippen molar-refractivity contribution in [3.05, 3.63) is 55.9 Å². The number of nitrogens with zero attached hydrogens (tertiary/aromatic N) is 3. The number of piperidine rings is 1. The highest BCUT2D eigenvalue weighted by molar-refractivity contribution is 5.94. The molecule has 1 spiro atoms. The maximum absolute atomic E-state index is 12.8. The van der Waals surface area contributed by atoms with Crippen LogP contribution in [0.25, 0.3) is 0 Å². The van der Waals surface area contributed by atoms with Crippen molar-refractivity contribution >= 4 is 11.9 Å². The highest BCUT2D eigenvalue weighted by Crippen LogP contribution is 2.44. The number of H-pyrrole nitrogens is 2. The fourth-order valence-electron chi connectivity index (χ4n) is 4.95. The molecule has 158 valence electrons. The molecular formula is C21H25N5O4. The van der Waals surface area contributed by atoms with Gasteiger partial charge in [-0.15, -0.1) is 0 Å². The molecule has 3 aliphatic rings. The monoisotopic (exact) mass is 411 g/mol. The summed E-state index contributed by atoms with van der Waals surface area (Å²) in [7, 11) is 0. The Morgan fingerprint density at radius 3 is 2.60 bits per heavy atom. The summed E-state index contributed by atoms with van der Waals surface area (Å²) in [6, 6.07) is 2.97. The molecule has 2 saturated heterocycles. The summed E-state index contributed by atoms with van der Waals surface area (Å²) in [5, 5.41) is 0. The molecule has 2 N–H and O–H groups in total. The van der Waals surface area contributed by atoms with Crippen molar-refractivity contribution in [2.24, 2.45) is 0 Å². The molecule has 2 aromatic heterocycles. The summed E-state index contributed by atoms with van der Waals surface area (Å²) < 4.78 is 5.41. The molecule has 2 aromatic rings. The summed E-state index contributed by atoms with van der Waals surface area (Å²) in [4.78, 5) is 51.4. The maximum atomic E-state index is 12.8. The van der Waals surface area contributed by atoms with Crippen molar-refractivity contribution in [1.82, 2.24) is 19.9 Å². The van der Waals surface area contributed by atoms with E-state index in [1.165, 1.54) is 12.3 Å². The minimum absolute atomic E-state index is 0.0413. The summed E-state index contributed by atoms with van der Waals surface area (Å²) in [5.74, 6) is 0.507. The molecule has 0 unspecified atom stereocenters. The van der Waals surface area contributed by atoms with E-state index in [1.807, 2.05) is 0 Å². The van der Waals surface area contributed by atoms with Crippen LogP contribution in [0.5, 0.6) is 0 Å². The first kappa shape index (κ1) is 19.0. The van der Waals surface area contributed by atoms with Gasteiger partial charge in [0.15, 0.2) is 0 Å². The van der Waals surface area contributed by atoms with E-state index in [1.54, 1.807) is 11.0 Å². The van der Waals surface area contributed by atoms with E-state index in [0.29, 0.717) is 50.9 Å². The number of aromatic amines is 2. The van der Waals surface area contributed by atoms with Crippen LogP contribution in [0.3, 0.4) is 0 Å². The first-order valence-electron chi connectivity index (χ1n) is 10.5. The molecule has 0 atom stereocenters. The summed E-state index contributed by atoms with van der Waals surface area (Å²) >= 11 is 0. The Kier molecular flexibility index (Phi) is 4.69. The SMILES string of the molecule is O=C(c1cc[nH]c(=O)c1)N1CCC2(CCc3c2nc(N2CCOCC2)[nH]c3=O)CC1. The topological polar surface area (TPSA) is 111 Å². The minimum atomic E-state index is -0.280. The third kappa shape index (κ3) is 3.23. The number of carbonyl (C=O) groups excluding carboxylic acids is 1. The van der Waals surface area contributed by atoms with Gasteiger partial charge in [0.2, 0.25) is 11.5 Å². The molecule has 30 heavy (non-hydrogen) atoms. The normalized spacial score (nSPS) is 20.4. The predicted molar refractivity (Wildman–Crippen MR) is 110 cm³/mol. The van der Waals surface area contributed by atoms with Gasteiger partial charge in [-0.3, -0.25) is 19.4 Å². The summed E-state index contributed by atoms with van der Waals surface area (Å²) in [6.07, 6.45) is 4.65. The lowest BCUT2D eigenvalue weighted by Gasteiger charge is -2.39. The number of amides is 1. The van der Waals surface area contributed by atoms with Crippen molar-refractivity contribution in [1.29, 1.82) is 0 Å². The second kappa shape index (κ2) is 7.39. The average molecular weight is 411 g/mol. The first-order chi connectivity index (χ1) is 14.6. The molecule has 9 heteroatoms. The number of carbonyl (C=O) groups is 1. The van der Waals surface area contributed by atoms with Crippen LogP contribution in [0, 0.1) is 0 Å². The van der Waals surface area contributed by atoms with Crippen LogP contribution >= 0.6 is 0 Å². The van der Waals surface area contributed by atoms with Gasteiger partial charge < -0.3 is 19.5 Å². The molecule has 9 nitrogen and oxygen atoms in total. The second-order valence-corrected chi connectivity index (χ2v) is 8.33. The van der Waals surface area contributed by atoms with Gasteiger partial charge in [-0.05, 0) is 31.7 Å². The van der Waals surface area contributed by atoms with Crippen LogP contribution in [0.1, 0.15) is 40.9 Å². The third-order valence-corrected chi connectivity index (χ3v) is 6.70. The Bertz CT molecular complexity index is 1080. The van der Waals surface area contributed by atoms with Crippen molar-refractivity contribution in [2.45, 2.75) is 31.1 Å². The third-order valence-electron chi connectivity index (χ3n) is 6.70. The highest BCUT2D eigenvalue weighted by Gasteiger charge is 2.45. The molecule has 0 aromatic carbocycles. The van der Waals surface area contributed by atoms with Gasteiger partial charge in [0, 0.05) is 55.0 Å². The number of pyridine rings is 1. The van der Waals surface area contributed by atoms with Crippen LogP contribution in [0.15, 0.2) is 27.9 Å². The number of likely N-dealkylation sites (tertiary alicyclic amines) is 1. The number of anilines is 1. The van der Waals surface area contributed by atoms with Gasteiger partial charge in [0.25, 0.3) is 11.5 Å². The number of nitrogens with one attached hydrogen (secondary N) is 2. The first-order valence-corrected chi connectivity index (χ1v) is 10.5. The van der Waals surface area contributed by atoms with Gasteiger partial charge in [0.1, 0.15) is 0 Å². The quantitative estimate of drug-likeness (QED) is 0.741. The van der Waals surface area contributed by atoms with Gasteiger partial charge in [-0.2, -0.15) is 0 Å². The van der Waals surface area contributed by atoms with E-state index in [4.69, 9.17) is 9.72 Å². The van der Waals surface area contributed by atoms with Crippen LogP contribution in [-0.2, 0) is 16.6 Å². The Hall–Kier alpha value is -2.94. The molecular weight excluding hydrogens is 386 g/mol. The van der Waals surface area contributed by atoms with Crippen molar-refractivity contribution in [2.75, 3.05) is 44.3 Å². The molecule has 1 aliphatic carbocycles. The molecule has 0 bridgehead atoms. The number of rotatable bonds is 2. The van der Waals surface area contributed by atoms with E-state index < -0.39 is 0 Å². The fraction of sp³-hybridized carbons (Fsp3) is 0.524. The van der Waals surface area contributed by atoms with E-state index in [-0.39, 0.29) is 22.4 Å². The lowest BCUT2D eigenvalue weighted by molar-refractivity contribution is 0.0663. The largest absolute Gasteiger partial charge is 0.378 e. The number of hydrogen-bond acceptors (Lipinski definition) is 6. The molecule has 0 saturated carbocycles. The highest BCUT2D eigenvalue weighted by atomic mass is 16.5. The number of hydrogen-bond donors (Lipinski definition) is 2. The van der Waals surface area contributed by atoms with E-state index >= 15 is 0 Å². The maximum Gasteiger partial charge on any atom is 0.255 e. The van der Waals surface area contributed by atoms with Crippen LogP contribution in [-0.4, -0.2) is 65.2 Å². The van der Waals surface area contributed by atoms with E-state index in [9.17, 15) is 14.4 Å². The summed E-state index contributed by atoms with van der Waals surface area (Å²) in [6.45, 7) is 3.87. The molecule has 5 rings (SSSR count). The molecule has 1 amide bonds. The van der Waals surface area contributed by atoms with Crippen molar-refractivity contribution < 1.29 is 9.53 Å². The molecule has 2 fully saturated rings. The molecule has 0 radical (unpaired) electrons. The van der Waals surface area contributed by atoms with E-state index in [0.717, 1.165) is 36.9 Å². The Balaban J connectivity index is 1.38. The van der Waals surface area contributed by atoms with Crippen LogP contribution < -0.4 is 16.0 Å². The number of ether oxygens (including phenoxy) is 1. The lowest BCUT2D eigenvalue weighted by atomic mass is 9.76. The van der Waals surface area contributed by atoms with Gasteiger partial charge in [-0.1, -0.05) is 0 Å². The summed E-state index contributed by atoms with van der Waals surface area (Å²) in [5.41, 5.74) is 1.64.